The van der Waals surface area contributed by atoms with Crippen molar-refractivity contribution in [2.45, 2.75) is 12.1 Å². The largest absolute Gasteiger partial charge is 0.477 e. The SMILES string of the molecule is O=C(O)c1ccc(C(F)(F)C(F)(F)F)cc1[N+](=O)[O-]. The molecule has 1 rings (SSSR count). The van der Waals surface area contributed by atoms with Crippen LogP contribution in [0.3, 0.4) is 0 Å². The zero-order valence-corrected chi connectivity index (χ0v) is 8.74. The number of nitro groups is 1. The summed E-state index contributed by atoms with van der Waals surface area (Å²) in [6, 6.07) is 0.413. The number of rotatable bonds is 3. The van der Waals surface area contributed by atoms with Crippen LogP contribution in [0.25, 0.3) is 0 Å². The Hall–Kier alpha value is -2.26. The van der Waals surface area contributed by atoms with Gasteiger partial charge in [-0.15, -0.1) is 0 Å². The molecular formula is C9H4F5NO4. The molecule has 0 saturated carbocycles. The van der Waals surface area contributed by atoms with Crippen molar-refractivity contribution in [2.75, 3.05) is 0 Å². The lowest BCUT2D eigenvalue weighted by Gasteiger charge is -2.19. The van der Waals surface area contributed by atoms with E-state index in [1.807, 2.05) is 0 Å². The quantitative estimate of drug-likeness (QED) is 0.526. The highest BCUT2D eigenvalue weighted by Crippen LogP contribution is 2.44. The number of nitro benzene ring substituents is 1. The van der Waals surface area contributed by atoms with Crippen LogP contribution in [0.2, 0.25) is 0 Å². The van der Waals surface area contributed by atoms with E-state index in [0.29, 0.717) is 6.07 Å². The topological polar surface area (TPSA) is 80.4 Å². The molecule has 1 N–H and O–H groups in total. The molecule has 0 atom stereocenters. The molecule has 0 aliphatic carbocycles. The third kappa shape index (κ3) is 2.61. The molecule has 104 valence electrons. The average Bonchev–Trinajstić information content (AvgIpc) is 2.26. The van der Waals surface area contributed by atoms with E-state index in [1.54, 1.807) is 0 Å². The fraction of sp³-hybridized carbons (Fsp3) is 0.222. The minimum absolute atomic E-state index is 0.100. The molecular weight excluding hydrogens is 281 g/mol. The third-order valence-corrected chi connectivity index (χ3v) is 2.14. The number of carboxylic acids is 1. The van der Waals surface area contributed by atoms with Crippen LogP contribution in [0.1, 0.15) is 15.9 Å². The molecule has 0 fully saturated rings. The molecule has 5 nitrogen and oxygen atoms in total. The molecule has 0 aromatic heterocycles. The van der Waals surface area contributed by atoms with Crippen LogP contribution in [0.4, 0.5) is 27.6 Å². The predicted molar refractivity (Wildman–Crippen MR) is 50.0 cm³/mol. The number of alkyl halides is 5. The Bertz CT molecular complexity index is 540. The number of benzene rings is 1. The molecule has 0 saturated heterocycles. The van der Waals surface area contributed by atoms with Gasteiger partial charge in [0.2, 0.25) is 0 Å². The molecule has 0 aliphatic rings. The van der Waals surface area contributed by atoms with Gasteiger partial charge in [0.1, 0.15) is 5.56 Å². The van der Waals surface area contributed by atoms with Crippen molar-refractivity contribution in [1.82, 2.24) is 0 Å². The van der Waals surface area contributed by atoms with Crippen LogP contribution in [-0.2, 0) is 5.92 Å². The predicted octanol–water partition coefficient (Wildman–Crippen LogP) is 2.95. The van der Waals surface area contributed by atoms with E-state index in [-0.39, 0.29) is 12.1 Å². The van der Waals surface area contributed by atoms with Crippen molar-refractivity contribution in [3.63, 3.8) is 0 Å². The van der Waals surface area contributed by atoms with Gasteiger partial charge >= 0.3 is 18.1 Å². The van der Waals surface area contributed by atoms with E-state index < -0.39 is 39.8 Å². The van der Waals surface area contributed by atoms with E-state index in [2.05, 4.69) is 0 Å². The van der Waals surface area contributed by atoms with Gasteiger partial charge in [-0.2, -0.15) is 22.0 Å². The molecule has 0 heterocycles. The van der Waals surface area contributed by atoms with E-state index in [9.17, 15) is 36.9 Å². The molecule has 0 spiro atoms. The van der Waals surface area contributed by atoms with Gasteiger partial charge < -0.3 is 5.11 Å². The zero-order valence-electron chi connectivity index (χ0n) is 8.74. The fourth-order valence-electron chi connectivity index (χ4n) is 1.22. The number of hydrogen-bond acceptors (Lipinski definition) is 3. The average molecular weight is 285 g/mol. The Morgan fingerprint density at radius 1 is 1.21 bits per heavy atom. The highest BCUT2D eigenvalue weighted by Gasteiger charge is 2.59. The highest BCUT2D eigenvalue weighted by atomic mass is 19.4. The van der Waals surface area contributed by atoms with Gasteiger partial charge in [0.05, 0.1) is 4.92 Å². The van der Waals surface area contributed by atoms with Gasteiger partial charge in [0, 0.05) is 11.6 Å². The molecule has 10 heteroatoms. The number of carboxylic acid groups (broad SMARTS) is 1. The van der Waals surface area contributed by atoms with Crippen LogP contribution in [-0.4, -0.2) is 22.2 Å². The number of halogens is 5. The van der Waals surface area contributed by atoms with Crippen LogP contribution >= 0.6 is 0 Å². The van der Waals surface area contributed by atoms with Crippen molar-refractivity contribution < 1.29 is 36.8 Å². The minimum Gasteiger partial charge on any atom is -0.477 e. The molecule has 0 unspecified atom stereocenters. The summed E-state index contributed by atoms with van der Waals surface area (Å²) in [6.45, 7) is 0. The Labute approximate surface area is 101 Å². The first-order valence-corrected chi connectivity index (χ1v) is 4.45. The Morgan fingerprint density at radius 2 is 1.74 bits per heavy atom. The van der Waals surface area contributed by atoms with Crippen molar-refractivity contribution in [3.05, 3.63) is 39.4 Å². The molecule has 0 radical (unpaired) electrons. The summed E-state index contributed by atoms with van der Waals surface area (Å²) in [7, 11) is 0. The lowest BCUT2D eigenvalue weighted by molar-refractivity contribution is -0.385. The van der Waals surface area contributed by atoms with E-state index in [0.717, 1.165) is 0 Å². The molecule has 1 aromatic rings. The normalized spacial score (nSPS) is 12.3. The number of aromatic carboxylic acids is 1. The van der Waals surface area contributed by atoms with Gasteiger partial charge in [-0.25, -0.2) is 4.79 Å². The monoisotopic (exact) mass is 285 g/mol. The lowest BCUT2D eigenvalue weighted by atomic mass is 10.0. The molecule has 19 heavy (non-hydrogen) atoms. The highest BCUT2D eigenvalue weighted by molar-refractivity contribution is 5.92. The van der Waals surface area contributed by atoms with Crippen molar-refractivity contribution >= 4 is 11.7 Å². The summed E-state index contributed by atoms with van der Waals surface area (Å²) in [5.41, 5.74) is -4.02. The first kappa shape index (κ1) is 14.8. The van der Waals surface area contributed by atoms with Gasteiger partial charge in [-0.05, 0) is 6.07 Å². The van der Waals surface area contributed by atoms with Gasteiger partial charge in [0.25, 0.3) is 5.69 Å². The van der Waals surface area contributed by atoms with E-state index in [1.165, 1.54) is 0 Å². The van der Waals surface area contributed by atoms with Crippen LogP contribution in [0.15, 0.2) is 18.2 Å². The summed E-state index contributed by atoms with van der Waals surface area (Å²) in [5.74, 6) is -7.12. The minimum atomic E-state index is -5.94. The first-order chi connectivity index (χ1) is 8.48. The fourth-order valence-corrected chi connectivity index (χ4v) is 1.22. The van der Waals surface area contributed by atoms with E-state index >= 15 is 0 Å². The van der Waals surface area contributed by atoms with Gasteiger partial charge in [-0.1, -0.05) is 6.07 Å². The maximum Gasteiger partial charge on any atom is 0.458 e. The Kier molecular flexibility index (Phi) is 3.46. The second-order valence-electron chi connectivity index (χ2n) is 3.37. The Morgan fingerprint density at radius 3 is 2.11 bits per heavy atom. The smallest absolute Gasteiger partial charge is 0.458 e. The third-order valence-electron chi connectivity index (χ3n) is 2.14. The van der Waals surface area contributed by atoms with Gasteiger partial charge in [-0.3, -0.25) is 10.1 Å². The first-order valence-electron chi connectivity index (χ1n) is 4.45. The second-order valence-corrected chi connectivity index (χ2v) is 3.37. The van der Waals surface area contributed by atoms with E-state index in [4.69, 9.17) is 5.11 Å². The van der Waals surface area contributed by atoms with Crippen molar-refractivity contribution in [1.29, 1.82) is 0 Å². The molecule has 0 aliphatic heterocycles. The number of carbonyl (C=O) groups is 1. The second kappa shape index (κ2) is 4.44. The summed E-state index contributed by atoms with van der Waals surface area (Å²) >= 11 is 0. The summed E-state index contributed by atoms with van der Waals surface area (Å²) in [5, 5.41) is 19.0. The zero-order chi connectivity index (χ0) is 15.0. The van der Waals surface area contributed by atoms with Crippen molar-refractivity contribution in [2.24, 2.45) is 0 Å². The van der Waals surface area contributed by atoms with Crippen LogP contribution in [0.5, 0.6) is 0 Å². The molecule has 1 aromatic carbocycles. The summed E-state index contributed by atoms with van der Waals surface area (Å²) in [4.78, 5) is 19.7. The standard InChI is InChI=1S/C9H4F5NO4/c10-8(11,9(12,13)14)4-1-2-5(7(16)17)6(3-4)15(18)19/h1-3H,(H,16,17). The van der Waals surface area contributed by atoms with Gasteiger partial charge in [0.15, 0.2) is 0 Å². The molecule has 0 amide bonds. The lowest BCUT2D eigenvalue weighted by Crippen LogP contribution is -2.33. The Balaban J connectivity index is 3.47. The van der Waals surface area contributed by atoms with Crippen molar-refractivity contribution in [3.8, 4) is 0 Å². The summed E-state index contributed by atoms with van der Waals surface area (Å²) < 4.78 is 62.1. The maximum absolute atomic E-state index is 12.9. The van der Waals surface area contributed by atoms with Crippen LogP contribution in [0, 0.1) is 10.1 Å². The van der Waals surface area contributed by atoms with Crippen LogP contribution < -0.4 is 0 Å². The number of nitrogens with zero attached hydrogens (tertiary/aromatic N) is 1. The maximum atomic E-state index is 12.9. The number of hydrogen-bond donors (Lipinski definition) is 1. The molecule has 0 bridgehead atoms. The summed E-state index contributed by atoms with van der Waals surface area (Å²) in [6.07, 6.45) is -5.94.